The van der Waals surface area contributed by atoms with Crippen molar-refractivity contribution in [2.24, 2.45) is 0 Å². The molecule has 35 heavy (non-hydrogen) atoms. The number of aromatic nitrogens is 4. The van der Waals surface area contributed by atoms with Crippen molar-refractivity contribution in [3.8, 4) is 11.5 Å². The summed E-state index contributed by atoms with van der Waals surface area (Å²) in [5, 5.41) is 15.4. The van der Waals surface area contributed by atoms with Crippen LogP contribution in [0, 0.1) is 0 Å². The van der Waals surface area contributed by atoms with Gasteiger partial charge in [-0.25, -0.2) is 9.78 Å². The zero-order valence-corrected chi connectivity index (χ0v) is 22.4. The Morgan fingerprint density at radius 1 is 1.26 bits per heavy atom. The summed E-state index contributed by atoms with van der Waals surface area (Å²) in [7, 11) is -1.14. The van der Waals surface area contributed by atoms with Gasteiger partial charge in [0.2, 0.25) is 6.39 Å². The summed E-state index contributed by atoms with van der Waals surface area (Å²) < 4.78 is 18.8. The van der Waals surface area contributed by atoms with Crippen LogP contribution in [0.3, 0.4) is 0 Å². The van der Waals surface area contributed by atoms with Gasteiger partial charge in [-0.2, -0.15) is 0 Å². The molecule has 10 nitrogen and oxygen atoms in total. The van der Waals surface area contributed by atoms with Crippen LogP contribution in [0.4, 0.5) is 10.5 Å². The van der Waals surface area contributed by atoms with Gasteiger partial charge in [-0.05, 0) is 45.7 Å². The number of fused-ring (bicyclic) bond motifs is 1. The highest BCUT2D eigenvalue weighted by Gasteiger charge is 2.33. The summed E-state index contributed by atoms with van der Waals surface area (Å²) in [5.41, 5.74) is 1.95. The van der Waals surface area contributed by atoms with Crippen LogP contribution in [0.25, 0.3) is 22.5 Å². The molecule has 1 aliphatic carbocycles. The fraction of sp³-hybridized carbons (Fsp3) is 0.583. The Labute approximate surface area is 206 Å². The van der Waals surface area contributed by atoms with Crippen molar-refractivity contribution in [3.05, 3.63) is 24.9 Å². The van der Waals surface area contributed by atoms with Gasteiger partial charge in [0.25, 0.3) is 5.89 Å². The fourth-order valence-electron chi connectivity index (χ4n) is 3.92. The highest BCUT2D eigenvalue weighted by atomic mass is 28.3. The van der Waals surface area contributed by atoms with Crippen LogP contribution < -0.4 is 10.6 Å². The number of pyridine rings is 1. The van der Waals surface area contributed by atoms with Gasteiger partial charge in [-0.1, -0.05) is 19.6 Å². The standard InChI is InChI=1S/C24H36N6O4Si/c1-24(2,3)34-23(31)28-17-11-16(12-17)27-20-18-7-8-30(15-32-9-10-35(4,5)6)21(18)25-13-19(20)22-29-26-14-33-22/h7-8,13-14,16-17H,9-12,15H2,1-6H3,(H,25,27)(H,28,31). The molecule has 3 aromatic rings. The summed E-state index contributed by atoms with van der Waals surface area (Å²) in [6.07, 6.45) is 6.24. The van der Waals surface area contributed by atoms with Gasteiger partial charge < -0.3 is 29.1 Å². The molecule has 4 rings (SSSR count). The zero-order valence-electron chi connectivity index (χ0n) is 21.4. The first-order valence-electron chi connectivity index (χ1n) is 12.1. The number of amides is 1. The molecule has 1 amide bonds. The van der Waals surface area contributed by atoms with E-state index in [0.29, 0.717) is 12.6 Å². The Balaban J connectivity index is 1.46. The smallest absolute Gasteiger partial charge is 0.407 e. The topological polar surface area (TPSA) is 116 Å². The van der Waals surface area contributed by atoms with Crippen LogP contribution in [-0.4, -0.2) is 58.2 Å². The van der Waals surface area contributed by atoms with Crippen molar-refractivity contribution < 1.29 is 18.7 Å². The molecule has 0 saturated heterocycles. The molecule has 0 spiro atoms. The predicted molar refractivity (Wildman–Crippen MR) is 137 cm³/mol. The Kier molecular flexibility index (Phi) is 7.18. The van der Waals surface area contributed by atoms with Crippen LogP contribution in [0.5, 0.6) is 0 Å². The normalized spacial score (nSPS) is 18.3. The van der Waals surface area contributed by atoms with Gasteiger partial charge in [0.15, 0.2) is 0 Å². The third-order valence-corrected chi connectivity index (χ3v) is 7.52. The molecule has 3 heterocycles. The molecule has 0 aromatic carbocycles. The van der Waals surface area contributed by atoms with E-state index in [2.05, 4.69) is 45.5 Å². The highest BCUT2D eigenvalue weighted by molar-refractivity contribution is 6.76. The molecule has 0 atom stereocenters. The second-order valence-electron chi connectivity index (χ2n) is 11.3. The summed E-state index contributed by atoms with van der Waals surface area (Å²) in [6.45, 7) is 13.8. The van der Waals surface area contributed by atoms with Gasteiger partial charge in [0.1, 0.15) is 18.0 Å². The Bertz CT molecular complexity index is 1140. The lowest BCUT2D eigenvalue weighted by Gasteiger charge is -2.37. The minimum atomic E-state index is -1.14. The number of hydrogen-bond acceptors (Lipinski definition) is 8. The van der Waals surface area contributed by atoms with Crippen LogP contribution in [0.15, 0.2) is 29.3 Å². The van der Waals surface area contributed by atoms with Gasteiger partial charge in [-0.15, -0.1) is 10.2 Å². The minimum Gasteiger partial charge on any atom is -0.444 e. The van der Waals surface area contributed by atoms with Crippen LogP contribution in [-0.2, 0) is 16.2 Å². The average molecular weight is 501 g/mol. The molecule has 1 saturated carbocycles. The van der Waals surface area contributed by atoms with E-state index in [1.807, 2.05) is 37.6 Å². The molecule has 190 valence electrons. The maximum Gasteiger partial charge on any atom is 0.407 e. The Morgan fingerprint density at radius 3 is 2.69 bits per heavy atom. The number of alkyl carbamates (subject to hydrolysis) is 1. The van der Waals surface area contributed by atoms with Crippen LogP contribution in [0.2, 0.25) is 25.7 Å². The lowest BCUT2D eigenvalue weighted by atomic mass is 9.86. The van der Waals surface area contributed by atoms with Gasteiger partial charge >= 0.3 is 6.09 Å². The largest absolute Gasteiger partial charge is 0.444 e. The van der Waals surface area contributed by atoms with E-state index in [4.69, 9.17) is 13.9 Å². The molecule has 0 unspecified atom stereocenters. The lowest BCUT2D eigenvalue weighted by Crippen LogP contribution is -2.50. The van der Waals surface area contributed by atoms with Crippen molar-refractivity contribution in [1.82, 2.24) is 25.1 Å². The minimum absolute atomic E-state index is 0.0656. The van der Waals surface area contributed by atoms with Crippen molar-refractivity contribution in [2.75, 3.05) is 11.9 Å². The first-order valence-corrected chi connectivity index (χ1v) is 15.8. The Morgan fingerprint density at radius 2 is 2.03 bits per heavy atom. The molecule has 1 aliphatic rings. The number of anilines is 1. The van der Waals surface area contributed by atoms with Gasteiger partial charge in [-0.3, -0.25) is 0 Å². The number of carbonyl (C=O) groups excluding carboxylic acids is 1. The number of nitrogens with one attached hydrogen (secondary N) is 2. The maximum absolute atomic E-state index is 12.1. The molecule has 1 fully saturated rings. The third-order valence-electron chi connectivity index (χ3n) is 5.81. The van der Waals surface area contributed by atoms with Crippen molar-refractivity contribution in [1.29, 1.82) is 0 Å². The second-order valence-corrected chi connectivity index (χ2v) is 16.9. The number of nitrogens with zero attached hydrogens (tertiary/aromatic N) is 4. The van der Waals surface area contributed by atoms with Crippen LogP contribution >= 0.6 is 0 Å². The number of ether oxygens (including phenoxy) is 2. The number of rotatable bonds is 9. The fourth-order valence-corrected chi connectivity index (χ4v) is 4.68. The van der Waals surface area contributed by atoms with E-state index >= 15 is 0 Å². The van der Waals surface area contributed by atoms with Crippen molar-refractivity contribution in [2.45, 2.75) is 83.7 Å². The van der Waals surface area contributed by atoms with Crippen molar-refractivity contribution in [3.63, 3.8) is 0 Å². The van der Waals surface area contributed by atoms with E-state index in [1.54, 1.807) is 6.20 Å². The van der Waals surface area contributed by atoms with E-state index in [-0.39, 0.29) is 18.2 Å². The molecule has 11 heteroatoms. The summed E-state index contributed by atoms with van der Waals surface area (Å²) in [5.74, 6) is 0.406. The summed E-state index contributed by atoms with van der Waals surface area (Å²) in [6, 6.07) is 3.39. The van der Waals surface area contributed by atoms with E-state index in [0.717, 1.165) is 47.8 Å². The zero-order chi connectivity index (χ0) is 25.2. The van der Waals surface area contributed by atoms with Gasteiger partial charge in [0, 0.05) is 44.5 Å². The number of hydrogen-bond donors (Lipinski definition) is 2. The van der Waals surface area contributed by atoms with E-state index in [1.165, 1.54) is 6.39 Å². The van der Waals surface area contributed by atoms with Crippen LogP contribution in [0.1, 0.15) is 33.6 Å². The first-order chi connectivity index (χ1) is 16.5. The average Bonchev–Trinajstić information content (AvgIpc) is 3.38. The lowest BCUT2D eigenvalue weighted by molar-refractivity contribution is 0.0475. The van der Waals surface area contributed by atoms with E-state index in [9.17, 15) is 4.79 Å². The molecule has 0 bridgehead atoms. The molecule has 2 N–H and O–H groups in total. The third kappa shape index (κ3) is 6.60. The highest BCUT2D eigenvalue weighted by Crippen LogP contribution is 2.36. The van der Waals surface area contributed by atoms with Crippen molar-refractivity contribution >= 4 is 30.9 Å². The quantitative estimate of drug-likeness (QED) is 0.316. The second kappa shape index (κ2) is 9.98. The predicted octanol–water partition coefficient (Wildman–Crippen LogP) is 4.87. The summed E-state index contributed by atoms with van der Waals surface area (Å²) in [4.78, 5) is 16.7. The van der Waals surface area contributed by atoms with Gasteiger partial charge in [0.05, 0.1) is 11.3 Å². The van der Waals surface area contributed by atoms with E-state index < -0.39 is 13.7 Å². The molecular weight excluding hydrogens is 464 g/mol. The number of carbonyl (C=O) groups is 1. The molecule has 3 aromatic heterocycles. The first kappa shape index (κ1) is 25.2. The molecule has 0 aliphatic heterocycles. The maximum atomic E-state index is 12.1. The monoisotopic (exact) mass is 500 g/mol. The Hall–Kier alpha value is -2.92. The molecular formula is C24H36N6O4Si. The molecule has 0 radical (unpaired) electrons. The SMILES string of the molecule is CC(C)(C)OC(=O)NC1CC(Nc2c(-c3nnco3)cnc3c2ccn3COCC[Si](C)(C)C)C1. The summed E-state index contributed by atoms with van der Waals surface area (Å²) >= 11 is 0.